The van der Waals surface area contributed by atoms with Gasteiger partial charge >= 0.3 is 12.1 Å². The molecule has 1 amide bonds. The summed E-state index contributed by atoms with van der Waals surface area (Å²) < 4.78 is 24.1. The lowest BCUT2D eigenvalue weighted by atomic mass is 10.0. The standard InChI is InChI=1S/C21H23ClFNO5/c1-13(2)29-19(20(25)26)9-14-4-3-5-15(8-14)11-24-21(27)28-12-16-6-7-17(22)10-18(16)23/h3-8,10,13,19H,9,11-12H2,1-2H3,(H,24,27)(H,25,26). The summed E-state index contributed by atoms with van der Waals surface area (Å²) in [5, 5.41) is 12.1. The Morgan fingerprint density at radius 3 is 2.55 bits per heavy atom. The molecule has 0 saturated carbocycles. The minimum absolute atomic E-state index is 0.179. The Morgan fingerprint density at radius 1 is 1.17 bits per heavy atom. The number of nitrogens with one attached hydrogen (secondary N) is 1. The largest absolute Gasteiger partial charge is 0.479 e. The molecule has 0 saturated heterocycles. The van der Waals surface area contributed by atoms with Crippen molar-refractivity contribution in [2.45, 2.75) is 45.6 Å². The van der Waals surface area contributed by atoms with Crippen LogP contribution in [0.15, 0.2) is 42.5 Å². The predicted octanol–water partition coefficient (Wildman–Crippen LogP) is 4.33. The van der Waals surface area contributed by atoms with E-state index in [1.165, 1.54) is 12.1 Å². The molecule has 2 aromatic carbocycles. The third-order valence-electron chi connectivity index (χ3n) is 3.94. The van der Waals surface area contributed by atoms with Crippen molar-refractivity contribution < 1.29 is 28.6 Å². The van der Waals surface area contributed by atoms with Crippen molar-refractivity contribution >= 4 is 23.7 Å². The number of rotatable bonds is 9. The maximum absolute atomic E-state index is 13.7. The lowest BCUT2D eigenvalue weighted by molar-refractivity contribution is -0.153. The van der Waals surface area contributed by atoms with Gasteiger partial charge in [-0.15, -0.1) is 0 Å². The van der Waals surface area contributed by atoms with Crippen LogP contribution in [0.4, 0.5) is 9.18 Å². The van der Waals surface area contributed by atoms with Gasteiger partial charge < -0.3 is 19.9 Å². The van der Waals surface area contributed by atoms with Crippen molar-refractivity contribution in [1.29, 1.82) is 0 Å². The number of carboxylic acid groups (broad SMARTS) is 1. The minimum Gasteiger partial charge on any atom is -0.479 e. The third-order valence-corrected chi connectivity index (χ3v) is 4.17. The van der Waals surface area contributed by atoms with Crippen molar-refractivity contribution in [2.24, 2.45) is 0 Å². The molecule has 2 rings (SSSR count). The van der Waals surface area contributed by atoms with Crippen LogP contribution in [0.2, 0.25) is 5.02 Å². The van der Waals surface area contributed by atoms with E-state index in [1.54, 1.807) is 38.1 Å². The highest BCUT2D eigenvalue weighted by Crippen LogP contribution is 2.15. The van der Waals surface area contributed by atoms with Crippen LogP contribution in [-0.2, 0) is 33.8 Å². The summed E-state index contributed by atoms with van der Waals surface area (Å²) in [5.74, 6) is -1.57. The number of amides is 1. The Hall–Kier alpha value is -2.64. The molecule has 0 aliphatic rings. The summed E-state index contributed by atoms with van der Waals surface area (Å²) >= 11 is 5.68. The molecule has 156 valence electrons. The van der Waals surface area contributed by atoms with Crippen LogP contribution in [-0.4, -0.2) is 29.4 Å². The van der Waals surface area contributed by atoms with Gasteiger partial charge in [0.1, 0.15) is 12.4 Å². The zero-order valence-electron chi connectivity index (χ0n) is 16.2. The van der Waals surface area contributed by atoms with E-state index in [9.17, 15) is 19.1 Å². The fraction of sp³-hybridized carbons (Fsp3) is 0.333. The number of hydrogen-bond acceptors (Lipinski definition) is 4. The van der Waals surface area contributed by atoms with E-state index < -0.39 is 24.0 Å². The molecule has 1 atom stereocenters. The Balaban J connectivity index is 1.87. The molecule has 0 heterocycles. The molecule has 0 radical (unpaired) electrons. The van der Waals surface area contributed by atoms with Crippen LogP contribution in [0.3, 0.4) is 0 Å². The number of hydrogen-bond donors (Lipinski definition) is 2. The Kier molecular flexibility index (Phi) is 8.42. The fourth-order valence-corrected chi connectivity index (χ4v) is 2.77. The number of benzene rings is 2. The number of ether oxygens (including phenoxy) is 2. The van der Waals surface area contributed by atoms with Gasteiger partial charge in [0.05, 0.1) is 6.10 Å². The fourth-order valence-electron chi connectivity index (χ4n) is 2.61. The number of alkyl carbamates (subject to hydrolysis) is 1. The predicted molar refractivity (Wildman–Crippen MR) is 106 cm³/mol. The highest BCUT2D eigenvalue weighted by atomic mass is 35.5. The third kappa shape index (κ3) is 7.71. The molecule has 2 aromatic rings. The molecule has 0 spiro atoms. The van der Waals surface area contributed by atoms with Crippen molar-refractivity contribution in [3.63, 3.8) is 0 Å². The number of halogens is 2. The maximum atomic E-state index is 13.7. The Bertz CT molecular complexity index is 859. The van der Waals surface area contributed by atoms with Gasteiger partial charge in [-0.3, -0.25) is 0 Å². The van der Waals surface area contributed by atoms with Crippen LogP contribution in [0, 0.1) is 5.82 Å². The SMILES string of the molecule is CC(C)OC(Cc1cccc(CNC(=O)OCc2ccc(Cl)cc2F)c1)C(=O)O. The average Bonchev–Trinajstić information content (AvgIpc) is 2.65. The van der Waals surface area contributed by atoms with Crippen molar-refractivity contribution in [1.82, 2.24) is 5.32 Å². The maximum Gasteiger partial charge on any atom is 0.407 e. The average molecular weight is 424 g/mol. The summed E-state index contributed by atoms with van der Waals surface area (Å²) in [6.45, 7) is 3.51. The first-order valence-corrected chi connectivity index (χ1v) is 9.43. The summed E-state index contributed by atoms with van der Waals surface area (Å²) in [7, 11) is 0. The molecule has 6 nitrogen and oxygen atoms in total. The lowest BCUT2D eigenvalue weighted by Crippen LogP contribution is -2.29. The van der Waals surface area contributed by atoms with E-state index >= 15 is 0 Å². The van der Waals surface area contributed by atoms with Gasteiger partial charge in [-0.2, -0.15) is 0 Å². The zero-order valence-corrected chi connectivity index (χ0v) is 16.9. The van der Waals surface area contributed by atoms with Gasteiger partial charge in [0.25, 0.3) is 0 Å². The quantitative estimate of drug-likeness (QED) is 0.627. The Morgan fingerprint density at radius 2 is 1.90 bits per heavy atom. The topological polar surface area (TPSA) is 84.9 Å². The second-order valence-electron chi connectivity index (χ2n) is 6.70. The van der Waals surface area contributed by atoms with E-state index in [0.717, 1.165) is 17.2 Å². The molecular weight excluding hydrogens is 401 g/mol. The van der Waals surface area contributed by atoms with E-state index in [1.807, 2.05) is 0 Å². The van der Waals surface area contributed by atoms with Crippen LogP contribution in [0.5, 0.6) is 0 Å². The summed E-state index contributed by atoms with van der Waals surface area (Å²) in [6.07, 6.45) is -1.64. The Labute approximate surface area is 173 Å². The smallest absolute Gasteiger partial charge is 0.407 e. The summed E-state index contributed by atoms with van der Waals surface area (Å²) in [5.41, 5.74) is 1.76. The molecule has 0 bridgehead atoms. The van der Waals surface area contributed by atoms with Crippen LogP contribution >= 0.6 is 11.6 Å². The van der Waals surface area contributed by atoms with Gasteiger partial charge in [0.2, 0.25) is 0 Å². The summed E-state index contributed by atoms with van der Waals surface area (Å²) in [6, 6.07) is 11.3. The first kappa shape index (κ1) is 22.6. The van der Waals surface area contributed by atoms with Crippen molar-refractivity contribution in [2.75, 3.05) is 0 Å². The molecule has 2 N–H and O–H groups in total. The van der Waals surface area contributed by atoms with Crippen molar-refractivity contribution in [3.05, 3.63) is 70.0 Å². The number of carbonyl (C=O) groups is 2. The van der Waals surface area contributed by atoms with Crippen LogP contribution in [0.1, 0.15) is 30.5 Å². The highest BCUT2D eigenvalue weighted by molar-refractivity contribution is 6.30. The van der Waals surface area contributed by atoms with E-state index in [2.05, 4.69) is 5.32 Å². The molecule has 8 heteroatoms. The molecule has 0 aliphatic heterocycles. The molecule has 29 heavy (non-hydrogen) atoms. The van der Waals surface area contributed by atoms with E-state index in [0.29, 0.717) is 0 Å². The van der Waals surface area contributed by atoms with E-state index in [4.69, 9.17) is 21.1 Å². The number of aliphatic carboxylic acids is 1. The van der Waals surface area contributed by atoms with Crippen LogP contribution < -0.4 is 5.32 Å². The second-order valence-corrected chi connectivity index (χ2v) is 7.14. The summed E-state index contributed by atoms with van der Waals surface area (Å²) in [4.78, 5) is 23.2. The van der Waals surface area contributed by atoms with Gasteiger partial charge in [-0.05, 0) is 37.1 Å². The molecule has 0 aromatic heterocycles. The van der Waals surface area contributed by atoms with Gasteiger partial charge in [0.15, 0.2) is 6.10 Å². The molecule has 0 fully saturated rings. The first-order chi connectivity index (χ1) is 13.7. The van der Waals surface area contributed by atoms with Gasteiger partial charge in [-0.1, -0.05) is 41.9 Å². The van der Waals surface area contributed by atoms with Gasteiger partial charge in [0, 0.05) is 23.6 Å². The minimum atomic E-state index is -1.03. The number of carboxylic acids is 1. The molecular formula is C21H23ClFNO5. The zero-order chi connectivity index (χ0) is 21.4. The normalized spacial score (nSPS) is 11.9. The lowest BCUT2D eigenvalue weighted by Gasteiger charge is -2.17. The van der Waals surface area contributed by atoms with E-state index in [-0.39, 0.29) is 36.3 Å². The molecule has 0 aliphatic carbocycles. The van der Waals surface area contributed by atoms with Gasteiger partial charge in [-0.25, -0.2) is 14.0 Å². The highest BCUT2D eigenvalue weighted by Gasteiger charge is 2.20. The van der Waals surface area contributed by atoms with Crippen LogP contribution in [0.25, 0.3) is 0 Å². The first-order valence-electron chi connectivity index (χ1n) is 9.05. The number of carbonyl (C=O) groups excluding carboxylic acids is 1. The molecule has 1 unspecified atom stereocenters. The van der Waals surface area contributed by atoms with Crippen molar-refractivity contribution in [3.8, 4) is 0 Å². The monoisotopic (exact) mass is 423 g/mol. The second kappa shape index (κ2) is 10.8.